The number of furan rings is 1. The molecule has 0 saturated heterocycles. The van der Waals surface area contributed by atoms with Crippen LogP contribution in [0.25, 0.3) is 87.3 Å². The van der Waals surface area contributed by atoms with Gasteiger partial charge in [0.25, 0.3) is 0 Å². The Labute approximate surface area is 340 Å². The van der Waals surface area contributed by atoms with Gasteiger partial charge in [-0.3, -0.25) is 0 Å². The van der Waals surface area contributed by atoms with Crippen molar-refractivity contribution >= 4 is 76.7 Å². The molecule has 1 aromatic heterocycles. The normalized spacial score (nSPS) is 14.3. The smallest absolute Gasteiger partial charge is 0.159 e. The number of hydrogen-bond donors (Lipinski definition) is 1. The minimum absolute atomic E-state index is 0.336. The maximum Gasteiger partial charge on any atom is 0.159 e. The molecule has 0 fully saturated rings. The highest BCUT2D eigenvalue weighted by Gasteiger charge is 2.24. The van der Waals surface area contributed by atoms with Crippen LogP contribution in [0.1, 0.15) is 22.9 Å². The van der Waals surface area contributed by atoms with Gasteiger partial charge in [-0.05, 0) is 101 Å². The maximum absolute atomic E-state index is 6.64. The number of aliphatic imine (C=N–C) groups is 2. The van der Waals surface area contributed by atoms with Crippen LogP contribution >= 0.6 is 0 Å². The number of benzene rings is 10. The maximum atomic E-state index is 6.64. The molecule has 4 heteroatoms. The molecule has 1 aliphatic rings. The summed E-state index contributed by atoms with van der Waals surface area (Å²) in [6.07, 6.45) is -0.336. The molecule has 0 bridgehead atoms. The van der Waals surface area contributed by atoms with E-state index in [0.717, 1.165) is 77.3 Å². The highest BCUT2D eigenvalue weighted by molar-refractivity contribution is 6.21. The van der Waals surface area contributed by atoms with Crippen molar-refractivity contribution in [2.24, 2.45) is 9.98 Å². The fraction of sp³-hybridized carbons (Fsp3) is 0.0182. The quantitative estimate of drug-likeness (QED) is 0.190. The molecule has 0 aliphatic carbocycles. The molecule has 1 unspecified atom stereocenters. The zero-order chi connectivity index (χ0) is 38.9. The van der Waals surface area contributed by atoms with Gasteiger partial charge in [0.05, 0.1) is 0 Å². The molecular formula is C55H35N3O. The number of amidine groups is 2. The second-order valence-corrected chi connectivity index (χ2v) is 15.4. The van der Waals surface area contributed by atoms with Gasteiger partial charge in [0.15, 0.2) is 5.84 Å². The van der Waals surface area contributed by atoms with Crippen LogP contribution in [0.5, 0.6) is 0 Å². The van der Waals surface area contributed by atoms with E-state index < -0.39 is 0 Å². The number of fused-ring (bicyclic) bond motifs is 7. The van der Waals surface area contributed by atoms with E-state index in [0.29, 0.717) is 5.84 Å². The van der Waals surface area contributed by atoms with Gasteiger partial charge < -0.3 is 9.73 Å². The van der Waals surface area contributed by atoms with Crippen LogP contribution in [0.15, 0.2) is 215 Å². The third-order valence-electron chi connectivity index (χ3n) is 11.9. The van der Waals surface area contributed by atoms with E-state index in [4.69, 9.17) is 14.4 Å². The molecule has 1 N–H and O–H groups in total. The fourth-order valence-electron chi connectivity index (χ4n) is 9.04. The molecule has 0 spiro atoms. The van der Waals surface area contributed by atoms with E-state index in [-0.39, 0.29) is 6.17 Å². The third kappa shape index (κ3) is 5.60. The molecule has 59 heavy (non-hydrogen) atoms. The van der Waals surface area contributed by atoms with E-state index in [2.05, 4.69) is 206 Å². The van der Waals surface area contributed by atoms with Crippen LogP contribution in [0, 0.1) is 0 Å². The number of nitrogens with zero attached hydrogens (tertiary/aromatic N) is 2. The Morgan fingerprint density at radius 2 is 1.00 bits per heavy atom. The lowest BCUT2D eigenvalue weighted by Crippen LogP contribution is -2.33. The first-order valence-corrected chi connectivity index (χ1v) is 20.1. The van der Waals surface area contributed by atoms with Gasteiger partial charge >= 0.3 is 0 Å². The number of hydrogen-bond acceptors (Lipinski definition) is 4. The highest BCUT2D eigenvalue weighted by atomic mass is 16.3. The van der Waals surface area contributed by atoms with Crippen molar-refractivity contribution in [1.82, 2.24) is 5.32 Å². The molecule has 0 amide bonds. The van der Waals surface area contributed by atoms with Crippen LogP contribution in [0.3, 0.4) is 0 Å². The molecule has 276 valence electrons. The van der Waals surface area contributed by atoms with Crippen LogP contribution in [0.4, 0.5) is 0 Å². The first-order valence-electron chi connectivity index (χ1n) is 20.1. The zero-order valence-corrected chi connectivity index (χ0v) is 31.9. The van der Waals surface area contributed by atoms with Gasteiger partial charge in [-0.2, -0.15) is 0 Å². The first-order chi connectivity index (χ1) is 29.2. The highest BCUT2D eigenvalue weighted by Crippen LogP contribution is 2.42. The van der Waals surface area contributed by atoms with Crippen LogP contribution < -0.4 is 5.32 Å². The van der Waals surface area contributed by atoms with Crippen molar-refractivity contribution in [2.75, 3.05) is 0 Å². The van der Waals surface area contributed by atoms with Crippen molar-refractivity contribution in [3.05, 3.63) is 217 Å². The van der Waals surface area contributed by atoms with Gasteiger partial charge in [0, 0.05) is 21.9 Å². The van der Waals surface area contributed by atoms with Crippen molar-refractivity contribution in [3.8, 4) is 22.3 Å². The van der Waals surface area contributed by atoms with E-state index in [1.165, 1.54) is 32.5 Å². The van der Waals surface area contributed by atoms with Crippen molar-refractivity contribution in [2.45, 2.75) is 6.17 Å². The largest absolute Gasteiger partial charge is 0.456 e. The minimum Gasteiger partial charge on any atom is -0.456 e. The van der Waals surface area contributed by atoms with Crippen molar-refractivity contribution < 1.29 is 4.42 Å². The fourth-order valence-corrected chi connectivity index (χ4v) is 9.04. The average molecular weight is 754 g/mol. The van der Waals surface area contributed by atoms with Gasteiger partial charge in [0.2, 0.25) is 0 Å². The number of nitrogens with one attached hydrogen (secondary N) is 1. The predicted molar refractivity (Wildman–Crippen MR) is 246 cm³/mol. The van der Waals surface area contributed by atoms with Gasteiger partial charge in [0.1, 0.15) is 23.2 Å². The zero-order valence-electron chi connectivity index (χ0n) is 31.9. The Morgan fingerprint density at radius 3 is 1.85 bits per heavy atom. The van der Waals surface area contributed by atoms with Crippen molar-refractivity contribution in [3.63, 3.8) is 0 Å². The summed E-state index contributed by atoms with van der Waals surface area (Å²) in [4.78, 5) is 10.6. The summed E-state index contributed by atoms with van der Waals surface area (Å²) in [5.74, 6) is 1.49. The lowest BCUT2D eigenvalue weighted by Gasteiger charge is -2.25. The van der Waals surface area contributed by atoms with Crippen molar-refractivity contribution in [1.29, 1.82) is 0 Å². The van der Waals surface area contributed by atoms with Gasteiger partial charge in [-0.15, -0.1) is 0 Å². The Balaban J connectivity index is 0.996. The third-order valence-corrected chi connectivity index (χ3v) is 11.9. The second kappa shape index (κ2) is 13.4. The summed E-state index contributed by atoms with van der Waals surface area (Å²) in [5, 5.41) is 15.4. The summed E-state index contributed by atoms with van der Waals surface area (Å²) in [5.41, 5.74) is 9.44. The molecule has 0 radical (unpaired) electrons. The van der Waals surface area contributed by atoms with Gasteiger partial charge in [-0.1, -0.05) is 170 Å². The Kier molecular flexibility index (Phi) is 7.57. The van der Waals surface area contributed by atoms with Gasteiger partial charge in [-0.25, -0.2) is 9.98 Å². The minimum atomic E-state index is -0.336. The summed E-state index contributed by atoms with van der Waals surface area (Å²) < 4.78 is 6.64. The van der Waals surface area contributed by atoms with Crippen LogP contribution in [0.2, 0.25) is 0 Å². The SMILES string of the molecule is c1ccc2cc(C3=NC(c4ccc5ccccc5c4)NC(c4cccc5c(-c6cccc7oc8cc(-c9cccc%10ccccc9%10)ccc8c67)cccc45)=N3)ccc2c1. The van der Waals surface area contributed by atoms with E-state index in [1.54, 1.807) is 0 Å². The summed E-state index contributed by atoms with van der Waals surface area (Å²) >= 11 is 0. The molecule has 12 rings (SSSR count). The van der Waals surface area contributed by atoms with E-state index >= 15 is 0 Å². The predicted octanol–water partition coefficient (Wildman–Crippen LogP) is 14.0. The Morgan fingerprint density at radius 1 is 0.390 bits per heavy atom. The molecule has 11 aromatic rings. The lowest BCUT2D eigenvalue weighted by molar-refractivity contribution is 0.669. The molecule has 1 atom stereocenters. The second-order valence-electron chi connectivity index (χ2n) is 15.4. The average Bonchev–Trinajstić information content (AvgIpc) is 3.69. The summed E-state index contributed by atoms with van der Waals surface area (Å²) in [7, 11) is 0. The Bertz CT molecular complexity index is 3550. The molecule has 2 heterocycles. The molecule has 1 aliphatic heterocycles. The standard InChI is InChI=1S/C55H35N3O/c1-3-14-37-31-40(27-25-34(37)11-1)53-56-54(41-28-26-35-12-2-4-15-38(35)32-41)58-55(57-53)48-23-9-19-44-45(20-8-21-46(44)48)47-22-10-24-50-52(47)49-30-29-39(33-51(49)59-50)43-18-7-16-36-13-5-6-17-42(36)43/h1-33,53H,(H,56,57,58). The van der Waals surface area contributed by atoms with Crippen LogP contribution in [-0.4, -0.2) is 11.7 Å². The van der Waals surface area contributed by atoms with E-state index in [9.17, 15) is 0 Å². The lowest BCUT2D eigenvalue weighted by atomic mass is 9.92. The molecule has 0 saturated carbocycles. The molecular weight excluding hydrogens is 719 g/mol. The monoisotopic (exact) mass is 753 g/mol. The van der Waals surface area contributed by atoms with Crippen LogP contribution in [-0.2, 0) is 0 Å². The summed E-state index contributed by atoms with van der Waals surface area (Å²) in [6.45, 7) is 0. The first kappa shape index (κ1) is 33.3. The topological polar surface area (TPSA) is 49.9 Å². The molecule has 10 aromatic carbocycles. The molecule has 4 nitrogen and oxygen atoms in total. The Hall–Kier alpha value is -7.82. The van der Waals surface area contributed by atoms with E-state index in [1.807, 2.05) is 0 Å². The summed E-state index contributed by atoms with van der Waals surface area (Å²) in [6, 6.07) is 71.1. The number of rotatable bonds is 5.